The minimum atomic E-state index is -0.277. The van der Waals surface area contributed by atoms with Crippen LogP contribution in [0.4, 0.5) is 0 Å². The summed E-state index contributed by atoms with van der Waals surface area (Å²) in [7, 11) is 0. The third-order valence-corrected chi connectivity index (χ3v) is 4.86. The van der Waals surface area contributed by atoms with Gasteiger partial charge in [-0.15, -0.1) is 0 Å². The smallest absolute Gasteiger partial charge is 0.251 e. The number of carbonyl (C=O) groups is 1. The van der Waals surface area contributed by atoms with Gasteiger partial charge in [0.05, 0.1) is 13.2 Å². The normalized spacial score (nSPS) is 16.1. The molecule has 128 valence electrons. The van der Waals surface area contributed by atoms with Crippen molar-refractivity contribution in [1.29, 1.82) is 0 Å². The van der Waals surface area contributed by atoms with E-state index in [0.717, 1.165) is 38.4 Å². The van der Waals surface area contributed by atoms with Crippen LogP contribution in [0.1, 0.15) is 24.2 Å². The van der Waals surface area contributed by atoms with Crippen molar-refractivity contribution in [2.75, 3.05) is 32.8 Å². The molecule has 1 aliphatic rings. The van der Waals surface area contributed by atoms with Crippen molar-refractivity contribution < 1.29 is 9.53 Å². The van der Waals surface area contributed by atoms with Crippen LogP contribution in [-0.4, -0.2) is 49.2 Å². The zero-order valence-electron chi connectivity index (χ0n) is 14.2. The van der Waals surface area contributed by atoms with Gasteiger partial charge in [-0.2, -0.15) is 11.3 Å². The van der Waals surface area contributed by atoms with Gasteiger partial charge in [0.25, 0.3) is 5.91 Å². The first-order valence-corrected chi connectivity index (χ1v) is 9.23. The average molecular weight is 344 g/mol. The second-order valence-electron chi connectivity index (χ2n) is 6.82. The highest BCUT2D eigenvalue weighted by atomic mass is 32.1. The Morgan fingerprint density at radius 2 is 1.88 bits per heavy atom. The van der Waals surface area contributed by atoms with Gasteiger partial charge in [0.15, 0.2) is 0 Å². The van der Waals surface area contributed by atoms with Gasteiger partial charge in [-0.25, -0.2) is 0 Å². The lowest BCUT2D eigenvalue weighted by molar-refractivity contribution is 0.0269. The lowest BCUT2D eigenvalue weighted by Crippen LogP contribution is -2.53. The summed E-state index contributed by atoms with van der Waals surface area (Å²) in [5.41, 5.74) is 2.75. The Morgan fingerprint density at radius 1 is 1.17 bits per heavy atom. The molecule has 0 spiro atoms. The molecule has 3 rings (SSSR count). The number of ether oxygens (including phenoxy) is 1. The van der Waals surface area contributed by atoms with E-state index < -0.39 is 0 Å². The Hall–Kier alpha value is -1.69. The molecule has 24 heavy (non-hydrogen) atoms. The molecule has 1 aromatic carbocycles. The number of carbonyl (C=O) groups excluding carboxylic acids is 1. The molecule has 0 bridgehead atoms. The third kappa shape index (κ3) is 4.44. The Morgan fingerprint density at radius 3 is 2.50 bits per heavy atom. The summed E-state index contributed by atoms with van der Waals surface area (Å²) >= 11 is 1.68. The highest BCUT2D eigenvalue weighted by Crippen LogP contribution is 2.22. The number of nitrogens with zero attached hydrogens (tertiary/aromatic N) is 1. The molecule has 1 aliphatic heterocycles. The lowest BCUT2D eigenvalue weighted by atomic mass is 10.0. The van der Waals surface area contributed by atoms with Gasteiger partial charge in [-0.3, -0.25) is 9.69 Å². The first kappa shape index (κ1) is 17.1. The van der Waals surface area contributed by atoms with Crippen LogP contribution < -0.4 is 5.32 Å². The first-order chi connectivity index (χ1) is 11.5. The maximum absolute atomic E-state index is 12.5. The lowest BCUT2D eigenvalue weighted by Gasteiger charge is -2.35. The topological polar surface area (TPSA) is 41.6 Å². The van der Waals surface area contributed by atoms with Gasteiger partial charge in [-0.1, -0.05) is 12.1 Å². The quantitative estimate of drug-likeness (QED) is 0.905. The van der Waals surface area contributed by atoms with Crippen LogP contribution in [0.25, 0.3) is 11.1 Å². The standard InChI is InChI=1S/C19H24N2O2S/c1-19(2,14-21-8-10-23-11-9-21)20-18(22)16-5-3-15(4-6-16)17-7-12-24-13-17/h3-7,12-13H,8-11,14H2,1-2H3,(H,20,22). The molecule has 1 saturated heterocycles. The van der Waals surface area contributed by atoms with Crippen LogP contribution in [-0.2, 0) is 4.74 Å². The van der Waals surface area contributed by atoms with Gasteiger partial charge in [-0.05, 0) is 53.9 Å². The van der Waals surface area contributed by atoms with E-state index in [4.69, 9.17) is 4.74 Å². The molecule has 4 nitrogen and oxygen atoms in total. The van der Waals surface area contributed by atoms with Gasteiger partial charge in [0, 0.05) is 30.7 Å². The molecule has 0 unspecified atom stereocenters. The van der Waals surface area contributed by atoms with E-state index >= 15 is 0 Å². The molecule has 2 aromatic rings. The molecule has 1 fully saturated rings. The molecule has 0 atom stereocenters. The molecule has 2 heterocycles. The molecular formula is C19H24N2O2S. The number of rotatable bonds is 5. The van der Waals surface area contributed by atoms with Gasteiger partial charge < -0.3 is 10.1 Å². The van der Waals surface area contributed by atoms with Gasteiger partial charge in [0.1, 0.15) is 0 Å². The van der Waals surface area contributed by atoms with Crippen LogP contribution in [0, 0.1) is 0 Å². The number of amides is 1. The highest BCUT2D eigenvalue weighted by Gasteiger charge is 2.25. The van der Waals surface area contributed by atoms with E-state index in [1.165, 1.54) is 5.56 Å². The second kappa shape index (κ2) is 7.47. The Balaban J connectivity index is 1.61. The zero-order valence-corrected chi connectivity index (χ0v) is 15.1. The maximum atomic E-state index is 12.5. The maximum Gasteiger partial charge on any atom is 0.251 e. The van der Waals surface area contributed by atoms with E-state index in [-0.39, 0.29) is 11.4 Å². The minimum Gasteiger partial charge on any atom is -0.379 e. The molecule has 5 heteroatoms. The Bertz CT molecular complexity index is 659. The molecule has 0 aliphatic carbocycles. The van der Waals surface area contributed by atoms with Gasteiger partial charge in [0.2, 0.25) is 0 Å². The summed E-state index contributed by atoms with van der Waals surface area (Å²) in [4.78, 5) is 14.9. The molecule has 1 amide bonds. The summed E-state index contributed by atoms with van der Waals surface area (Å²) in [6.07, 6.45) is 0. The fourth-order valence-electron chi connectivity index (χ4n) is 2.98. The predicted octanol–water partition coefficient (Wildman–Crippen LogP) is 3.26. The summed E-state index contributed by atoms with van der Waals surface area (Å²) in [5.74, 6) is -0.0230. The number of thiophene rings is 1. The number of nitrogens with one attached hydrogen (secondary N) is 1. The summed E-state index contributed by atoms with van der Waals surface area (Å²) in [6, 6.07) is 9.89. The van der Waals surface area contributed by atoms with Crippen molar-refractivity contribution in [3.05, 3.63) is 46.7 Å². The predicted molar refractivity (Wildman–Crippen MR) is 98.6 cm³/mol. The molecular weight excluding hydrogens is 320 g/mol. The SMILES string of the molecule is CC(C)(CN1CCOCC1)NC(=O)c1ccc(-c2ccsc2)cc1. The van der Waals surface area contributed by atoms with Crippen molar-refractivity contribution >= 4 is 17.2 Å². The number of hydrogen-bond acceptors (Lipinski definition) is 4. The van der Waals surface area contributed by atoms with E-state index in [9.17, 15) is 4.79 Å². The van der Waals surface area contributed by atoms with E-state index in [1.807, 2.05) is 24.3 Å². The fraction of sp³-hybridized carbons (Fsp3) is 0.421. The molecule has 1 N–H and O–H groups in total. The number of benzene rings is 1. The van der Waals surface area contributed by atoms with Crippen molar-refractivity contribution in [1.82, 2.24) is 10.2 Å². The summed E-state index contributed by atoms with van der Waals surface area (Å²) in [6.45, 7) is 8.36. The molecule has 0 saturated carbocycles. The Labute approximate surface area is 147 Å². The van der Waals surface area contributed by atoms with Crippen molar-refractivity contribution in [3.63, 3.8) is 0 Å². The zero-order chi connectivity index (χ0) is 17.0. The number of hydrogen-bond donors (Lipinski definition) is 1. The van der Waals surface area contributed by atoms with Crippen LogP contribution in [0.3, 0.4) is 0 Å². The summed E-state index contributed by atoms with van der Waals surface area (Å²) in [5, 5.41) is 7.33. The third-order valence-electron chi connectivity index (χ3n) is 4.18. The first-order valence-electron chi connectivity index (χ1n) is 8.29. The van der Waals surface area contributed by atoms with Crippen molar-refractivity contribution in [2.24, 2.45) is 0 Å². The van der Waals surface area contributed by atoms with Crippen LogP contribution in [0.5, 0.6) is 0 Å². The number of morpholine rings is 1. The largest absolute Gasteiger partial charge is 0.379 e. The molecule has 0 radical (unpaired) electrons. The van der Waals surface area contributed by atoms with Gasteiger partial charge >= 0.3 is 0 Å². The fourth-order valence-corrected chi connectivity index (χ4v) is 3.65. The second-order valence-corrected chi connectivity index (χ2v) is 7.60. The Kier molecular flexibility index (Phi) is 5.33. The van der Waals surface area contributed by atoms with Crippen molar-refractivity contribution in [3.8, 4) is 11.1 Å². The van der Waals surface area contributed by atoms with Crippen LogP contribution in [0.15, 0.2) is 41.1 Å². The van der Waals surface area contributed by atoms with Crippen LogP contribution >= 0.6 is 11.3 Å². The van der Waals surface area contributed by atoms with E-state index in [0.29, 0.717) is 5.56 Å². The van der Waals surface area contributed by atoms with E-state index in [1.54, 1.807) is 11.3 Å². The average Bonchev–Trinajstić information content (AvgIpc) is 3.09. The highest BCUT2D eigenvalue weighted by molar-refractivity contribution is 7.08. The monoisotopic (exact) mass is 344 g/mol. The summed E-state index contributed by atoms with van der Waals surface area (Å²) < 4.78 is 5.38. The minimum absolute atomic E-state index is 0.0230. The van der Waals surface area contributed by atoms with Crippen molar-refractivity contribution in [2.45, 2.75) is 19.4 Å². The van der Waals surface area contributed by atoms with E-state index in [2.05, 4.69) is 40.9 Å². The van der Waals surface area contributed by atoms with Crippen LogP contribution in [0.2, 0.25) is 0 Å². The molecule has 1 aromatic heterocycles.